The maximum atomic E-state index is 12.5. The molecule has 1 aliphatic carbocycles. The zero-order valence-corrected chi connectivity index (χ0v) is 11.9. The molecule has 1 aromatic carbocycles. The van der Waals surface area contributed by atoms with E-state index in [0.717, 1.165) is 17.4 Å². The van der Waals surface area contributed by atoms with Crippen molar-refractivity contribution in [3.63, 3.8) is 0 Å². The molecular weight excluding hydrogens is 256 g/mol. The van der Waals surface area contributed by atoms with Crippen molar-refractivity contribution in [2.45, 2.75) is 39.2 Å². The van der Waals surface area contributed by atoms with Crippen LogP contribution in [0.25, 0.3) is 10.9 Å². The van der Waals surface area contributed by atoms with E-state index >= 15 is 0 Å². The topological polar surface area (TPSA) is 37.8 Å². The third-order valence-electron chi connectivity index (χ3n) is 4.12. The lowest BCUT2D eigenvalue weighted by molar-refractivity contribution is 0.378. The summed E-state index contributed by atoms with van der Waals surface area (Å²) >= 11 is 5.35. The first-order chi connectivity index (χ1) is 9.15. The highest BCUT2D eigenvalue weighted by atomic mass is 32.1. The van der Waals surface area contributed by atoms with Gasteiger partial charge in [0.15, 0.2) is 4.77 Å². The molecule has 1 fully saturated rings. The van der Waals surface area contributed by atoms with Gasteiger partial charge < -0.3 is 4.98 Å². The number of aromatic nitrogens is 2. The molecule has 1 aromatic heterocycles. The summed E-state index contributed by atoms with van der Waals surface area (Å²) in [6, 6.07) is 7.56. The van der Waals surface area contributed by atoms with Crippen LogP contribution in [-0.4, -0.2) is 9.55 Å². The monoisotopic (exact) mass is 274 g/mol. The van der Waals surface area contributed by atoms with Gasteiger partial charge in [0.05, 0.1) is 10.9 Å². The minimum absolute atomic E-state index is 0.0433. The normalized spacial score (nSPS) is 16.7. The van der Waals surface area contributed by atoms with E-state index in [9.17, 15) is 4.79 Å². The number of nitrogens with zero attached hydrogens (tertiary/aromatic N) is 1. The number of para-hydroxylation sites is 1. The molecule has 3 nitrogen and oxygen atoms in total. The summed E-state index contributed by atoms with van der Waals surface area (Å²) in [7, 11) is 0. The van der Waals surface area contributed by atoms with E-state index in [2.05, 4.69) is 11.9 Å². The van der Waals surface area contributed by atoms with Crippen molar-refractivity contribution >= 4 is 23.1 Å². The second kappa shape index (κ2) is 4.60. The zero-order valence-electron chi connectivity index (χ0n) is 11.1. The third kappa shape index (κ3) is 2.25. The predicted octanol–water partition coefficient (Wildman–Crippen LogP) is 3.64. The summed E-state index contributed by atoms with van der Waals surface area (Å²) in [4.78, 5) is 15.7. The summed E-state index contributed by atoms with van der Waals surface area (Å²) in [6.07, 6.45) is 4.78. The molecule has 19 heavy (non-hydrogen) atoms. The van der Waals surface area contributed by atoms with Crippen LogP contribution in [0.3, 0.4) is 0 Å². The first kappa shape index (κ1) is 12.6. The van der Waals surface area contributed by atoms with Gasteiger partial charge in [-0.25, -0.2) is 0 Å². The summed E-state index contributed by atoms with van der Waals surface area (Å²) in [5.74, 6) is 0. The molecular formula is C15H18N2OS. The van der Waals surface area contributed by atoms with Crippen molar-refractivity contribution in [3.8, 4) is 0 Å². The molecule has 0 unspecified atom stereocenters. The molecule has 1 heterocycles. The van der Waals surface area contributed by atoms with Crippen LogP contribution < -0.4 is 5.56 Å². The van der Waals surface area contributed by atoms with E-state index < -0.39 is 0 Å². The number of hydrogen-bond donors (Lipinski definition) is 1. The Kier molecular flexibility index (Phi) is 3.05. The minimum atomic E-state index is 0.0433. The lowest BCUT2D eigenvalue weighted by Crippen LogP contribution is -2.26. The maximum Gasteiger partial charge on any atom is 0.262 e. The van der Waals surface area contributed by atoms with Gasteiger partial charge >= 0.3 is 0 Å². The Balaban J connectivity index is 2.09. The summed E-state index contributed by atoms with van der Waals surface area (Å²) in [6.45, 7) is 2.96. The van der Waals surface area contributed by atoms with Crippen LogP contribution in [0.4, 0.5) is 0 Å². The van der Waals surface area contributed by atoms with Gasteiger partial charge in [-0.15, -0.1) is 0 Å². The molecule has 4 heteroatoms. The summed E-state index contributed by atoms with van der Waals surface area (Å²) in [5.41, 5.74) is 1.19. The third-order valence-corrected chi connectivity index (χ3v) is 4.44. The predicted molar refractivity (Wildman–Crippen MR) is 80.0 cm³/mol. The Morgan fingerprint density at radius 3 is 2.79 bits per heavy atom. The van der Waals surface area contributed by atoms with Gasteiger partial charge in [-0.05, 0) is 49.0 Å². The smallest absolute Gasteiger partial charge is 0.262 e. The van der Waals surface area contributed by atoms with Crippen LogP contribution in [0.1, 0.15) is 32.6 Å². The van der Waals surface area contributed by atoms with Crippen molar-refractivity contribution in [2.24, 2.45) is 5.41 Å². The van der Waals surface area contributed by atoms with Crippen molar-refractivity contribution in [3.05, 3.63) is 39.4 Å². The fraction of sp³-hybridized carbons (Fsp3) is 0.467. The van der Waals surface area contributed by atoms with E-state index in [4.69, 9.17) is 12.2 Å². The van der Waals surface area contributed by atoms with E-state index in [1.807, 2.05) is 24.3 Å². The van der Waals surface area contributed by atoms with E-state index in [1.165, 1.54) is 25.7 Å². The molecule has 0 bridgehead atoms. The Morgan fingerprint density at radius 1 is 1.37 bits per heavy atom. The lowest BCUT2D eigenvalue weighted by atomic mass is 10.0. The fourth-order valence-electron chi connectivity index (χ4n) is 2.87. The van der Waals surface area contributed by atoms with Gasteiger partial charge in [0.2, 0.25) is 0 Å². The van der Waals surface area contributed by atoms with Crippen LogP contribution in [0.2, 0.25) is 0 Å². The molecule has 3 rings (SSSR count). The molecule has 1 aliphatic rings. The molecule has 0 saturated heterocycles. The standard InChI is InChI=1S/C15H18N2OS/c1-2-7-15(8-9-15)10-17-13(18)11-5-3-4-6-12(11)16-14(17)19/h3-6H,2,7-10H2,1H3,(H,16,19). The number of H-pyrrole nitrogens is 1. The molecule has 1 N–H and O–H groups in total. The van der Waals surface area contributed by atoms with Crippen molar-refractivity contribution < 1.29 is 0 Å². The van der Waals surface area contributed by atoms with E-state index in [1.54, 1.807) is 4.57 Å². The van der Waals surface area contributed by atoms with Crippen LogP contribution in [-0.2, 0) is 6.54 Å². The average molecular weight is 274 g/mol. The first-order valence-corrected chi connectivity index (χ1v) is 7.28. The fourth-order valence-corrected chi connectivity index (χ4v) is 3.13. The quantitative estimate of drug-likeness (QED) is 0.864. The van der Waals surface area contributed by atoms with Crippen molar-refractivity contribution in [2.75, 3.05) is 0 Å². The van der Waals surface area contributed by atoms with Gasteiger partial charge in [-0.3, -0.25) is 9.36 Å². The van der Waals surface area contributed by atoms with Crippen LogP contribution >= 0.6 is 12.2 Å². The number of benzene rings is 1. The Labute approximate surface area is 117 Å². The molecule has 1 saturated carbocycles. The van der Waals surface area contributed by atoms with Crippen LogP contribution in [0, 0.1) is 10.2 Å². The SMILES string of the molecule is CCCC1(Cn2c(=S)[nH]c3ccccc3c2=O)CC1. The largest absolute Gasteiger partial charge is 0.332 e. The highest BCUT2D eigenvalue weighted by Crippen LogP contribution is 2.50. The van der Waals surface area contributed by atoms with Crippen molar-refractivity contribution in [1.82, 2.24) is 9.55 Å². The van der Waals surface area contributed by atoms with Gasteiger partial charge in [0.1, 0.15) is 0 Å². The Hall–Kier alpha value is -1.42. The average Bonchev–Trinajstić information content (AvgIpc) is 3.15. The summed E-state index contributed by atoms with van der Waals surface area (Å²) < 4.78 is 2.30. The molecule has 0 amide bonds. The lowest BCUT2D eigenvalue weighted by Gasteiger charge is -2.16. The molecule has 2 aromatic rings. The van der Waals surface area contributed by atoms with Gasteiger partial charge in [0.25, 0.3) is 5.56 Å². The molecule has 0 aliphatic heterocycles. The Bertz CT molecular complexity index is 725. The van der Waals surface area contributed by atoms with Gasteiger partial charge in [-0.1, -0.05) is 25.5 Å². The number of fused-ring (bicyclic) bond motifs is 1. The minimum Gasteiger partial charge on any atom is -0.332 e. The van der Waals surface area contributed by atoms with Crippen LogP contribution in [0.5, 0.6) is 0 Å². The first-order valence-electron chi connectivity index (χ1n) is 6.87. The maximum absolute atomic E-state index is 12.5. The number of nitrogens with one attached hydrogen (secondary N) is 1. The van der Waals surface area contributed by atoms with E-state index in [0.29, 0.717) is 10.2 Å². The number of rotatable bonds is 4. The van der Waals surface area contributed by atoms with Gasteiger partial charge in [0, 0.05) is 6.54 Å². The second-order valence-corrected chi connectivity index (χ2v) is 6.00. The molecule has 100 valence electrons. The Morgan fingerprint density at radius 2 is 2.11 bits per heavy atom. The molecule has 0 spiro atoms. The van der Waals surface area contributed by atoms with Crippen LogP contribution in [0.15, 0.2) is 29.1 Å². The van der Waals surface area contributed by atoms with E-state index in [-0.39, 0.29) is 5.56 Å². The number of hydrogen-bond acceptors (Lipinski definition) is 2. The van der Waals surface area contributed by atoms with Crippen molar-refractivity contribution in [1.29, 1.82) is 0 Å². The number of aromatic amines is 1. The zero-order chi connectivity index (χ0) is 13.5. The second-order valence-electron chi connectivity index (χ2n) is 5.62. The molecule has 0 radical (unpaired) electrons. The summed E-state index contributed by atoms with van der Waals surface area (Å²) in [5, 5.41) is 0.725. The highest BCUT2D eigenvalue weighted by molar-refractivity contribution is 7.71. The van der Waals surface area contributed by atoms with Gasteiger partial charge in [-0.2, -0.15) is 0 Å². The molecule has 0 atom stereocenters. The highest BCUT2D eigenvalue weighted by Gasteiger charge is 2.42.